The van der Waals surface area contributed by atoms with Gasteiger partial charge in [-0.2, -0.15) is 0 Å². The Hall–Kier alpha value is -3.38. The number of amides is 2. The van der Waals surface area contributed by atoms with Crippen molar-refractivity contribution in [1.82, 2.24) is 0 Å². The number of rotatable bonds is 4. The molecular formula is C14H13N5O3. The van der Waals surface area contributed by atoms with Gasteiger partial charge in [0.15, 0.2) is 0 Å². The van der Waals surface area contributed by atoms with Crippen LogP contribution in [-0.2, 0) is 0 Å². The molecule has 0 saturated heterocycles. The molecule has 0 aliphatic carbocycles. The van der Waals surface area contributed by atoms with E-state index in [9.17, 15) is 9.90 Å². The molecule has 3 N–H and O–H groups in total. The number of phenols is 1. The molecule has 0 heterocycles. The molecule has 2 rings (SSSR count). The lowest BCUT2D eigenvalue weighted by Gasteiger charge is -2.22. The van der Waals surface area contributed by atoms with Gasteiger partial charge in [-0.1, -0.05) is 17.2 Å². The van der Waals surface area contributed by atoms with Crippen molar-refractivity contribution in [3.63, 3.8) is 0 Å². The van der Waals surface area contributed by atoms with Crippen LogP contribution in [0.15, 0.2) is 47.6 Å². The van der Waals surface area contributed by atoms with E-state index in [4.69, 9.17) is 16.0 Å². The van der Waals surface area contributed by atoms with Gasteiger partial charge in [-0.25, -0.2) is 4.79 Å². The molecule has 0 bridgehead atoms. The first-order chi connectivity index (χ1) is 10.6. The highest BCUT2D eigenvalue weighted by atomic mass is 16.5. The topological polar surface area (TPSA) is 125 Å². The maximum absolute atomic E-state index is 11.8. The van der Waals surface area contributed by atoms with Gasteiger partial charge in [0.25, 0.3) is 0 Å². The summed E-state index contributed by atoms with van der Waals surface area (Å²) >= 11 is 0. The summed E-state index contributed by atoms with van der Waals surface area (Å²) in [6.45, 7) is 0. The Labute approximate surface area is 126 Å². The van der Waals surface area contributed by atoms with E-state index < -0.39 is 6.03 Å². The summed E-state index contributed by atoms with van der Waals surface area (Å²) in [4.78, 5) is 15.5. The quantitative estimate of drug-likeness (QED) is 0.509. The summed E-state index contributed by atoms with van der Waals surface area (Å²) < 4.78 is 5.11. The lowest BCUT2D eigenvalue weighted by atomic mass is 10.2. The van der Waals surface area contributed by atoms with E-state index in [-0.39, 0.29) is 17.1 Å². The molecule has 0 spiro atoms. The minimum atomic E-state index is -0.778. The van der Waals surface area contributed by atoms with Crippen LogP contribution in [0.25, 0.3) is 10.4 Å². The molecule has 0 radical (unpaired) electrons. The van der Waals surface area contributed by atoms with Gasteiger partial charge in [0, 0.05) is 16.7 Å². The number of primary amides is 1. The van der Waals surface area contributed by atoms with Crippen molar-refractivity contribution in [1.29, 1.82) is 0 Å². The average Bonchev–Trinajstić information content (AvgIpc) is 2.50. The van der Waals surface area contributed by atoms with E-state index in [0.717, 1.165) is 4.90 Å². The number of nitrogens with zero attached hydrogens (tertiary/aromatic N) is 4. The monoisotopic (exact) mass is 299 g/mol. The second-order valence-electron chi connectivity index (χ2n) is 4.24. The second kappa shape index (κ2) is 6.38. The van der Waals surface area contributed by atoms with Crippen molar-refractivity contribution in [3.05, 3.63) is 52.9 Å². The number of ether oxygens (including phenoxy) is 1. The summed E-state index contributed by atoms with van der Waals surface area (Å²) in [7, 11) is 1.50. The SMILES string of the molecule is COc1cccc(N(C(N)=O)c2ccc(N=[N+]=[N-])cc2O)c1. The Morgan fingerprint density at radius 2 is 2.14 bits per heavy atom. The minimum Gasteiger partial charge on any atom is -0.506 e. The second-order valence-corrected chi connectivity index (χ2v) is 4.24. The zero-order chi connectivity index (χ0) is 16.1. The highest BCUT2D eigenvalue weighted by Gasteiger charge is 2.19. The van der Waals surface area contributed by atoms with Crippen LogP contribution in [0.4, 0.5) is 21.9 Å². The normalized spacial score (nSPS) is 9.68. The van der Waals surface area contributed by atoms with E-state index in [2.05, 4.69) is 10.0 Å². The molecular weight excluding hydrogens is 286 g/mol. The summed E-state index contributed by atoms with van der Waals surface area (Å²) in [6, 6.07) is 10.0. The fraction of sp³-hybridized carbons (Fsp3) is 0.0714. The smallest absolute Gasteiger partial charge is 0.324 e. The van der Waals surface area contributed by atoms with Crippen molar-refractivity contribution < 1.29 is 14.6 Å². The van der Waals surface area contributed by atoms with Crippen molar-refractivity contribution in [3.8, 4) is 11.5 Å². The molecule has 0 aromatic heterocycles. The van der Waals surface area contributed by atoms with Gasteiger partial charge < -0.3 is 15.6 Å². The van der Waals surface area contributed by atoms with Crippen molar-refractivity contribution >= 4 is 23.1 Å². The molecule has 8 heteroatoms. The lowest BCUT2D eigenvalue weighted by Crippen LogP contribution is -2.31. The maximum Gasteiger partial charge on any atom is 0.324 e. The Balaban J connectivity index is 2.52. The van der Waals surface area contributed by atoms with Gasteiger partial charge >= 0.3 is 6.03 Å². The standard InChI is InChI=1S/C14H13N5O3/c1-22-11-4-2-3-10(8-11)19(14(15)21)12-6-5-9(17-18-16)7-13(12)20/h2-8,20H,1H3,(H2,15,21). The molecule has 0 saturated carbocycles. The van der Waals surface area contributed by atoms with Crippen molar-refractivity contribution in [2.45, 2.75) is 0 Å². The number of anilines is 2. The maximum atomic E-state index is 11.8. The number of aromatic hydroxyl groups is 1. The first-order valence-electron chi connectivity index (χ1n) is 6.18. The first kappa shape index (κ1) is 15.0. The van der Waals surface area contributed by atoms with E-state index in [0.29, 0.717) is 11.4 Å². The Morgan fingerprint density at radius 3 is 2.73 bits per heavy atom. The van der Waals surface area contributed by atoms with Crippen molar-refractivity contribution in [2.75, 3.05) is 12.0 Å². The molecule has 22 heavy (non-hydrogen) atoms. The Morgan fingerprint density at radius 1 is 1.36 bits per heavy atom. The fourth-order valence-electron chi connectivity index (χ4n) is 1.95. The summed E-state index contributed by atoms with van der Waals surface area (Å²) in [5.74, 6) is 0.292. The van der Waals surface area contributed by atoms with E-state index in [1.165, 1.54) is 25.3 Å². The van der Waals surface area contributed by atoms with Crippen LogP contribution in [0.1, 0.15) is 0 Å². The highest BCUT2D eigenvalue weighted by molar-refractivity contribution is 6.00. The Bertz CT molecular complexity index is 756. The van der Waals surface area contributed by atoms with Gasteiger partial charge in [-0.05, 0) is 29.8 Å². The third kappa shape index (κ3) is 3.02. The molecule has 0 aliphatic heterocycles. The molecule has 0 fully saturated rings. The van der Waals surface area contributed by atoms with Crippen molar-refractivity contribution in [2.24, 2.45) is 10.8 Å². The van der Waals surface area contributed by atoms with Gasteiger partial charge in [0.05, 0.1) is 18.5 Å². The van der Waals surface area contributed by atoms with Crippen LogP contribution < -0.4 is 15.4 Å². The van der Waals surface area contributed by atoms with Gasteiger partial charge in [0.1, 0.15) is 11.5 Å². The number of phenolic OH excluding ortho intramolecular Hbond substituents is 1. The van der Waals surface area contributed by atoms with Crippen LogP contribution in [0.5, 0.6) is 11.5 Å². The number of hydrogen-bond acceptors (Lipinski definition) is 4. The third-order valence-corrected chi connectivity index (χ3v) is 2.89. The number of hydrogen-bond donors (Lipinski definition) is 2. The molecule has 8 nitrogen and oxygen atoms in total. The highest BCUT2D eigenvalue weighted by Crippen LogP contribution is 2.36. The molecule has 0 unspecified atom stereocenters. The van der Waals surface area contributed by atoms with Crippen LogP contribution in [0.3, 0.4) is 0 Å². The van der Waals surface area contributed by atoms with Crippen LogP contribution in [0.2, 0.25) is 0 Å². The number of carbonyl (C=O) groups excluding carboxylic acids is 1. The van der Waals surface area contributed by atoms with E-state index in [1.54, 1.807) is 24.3 Å². The number of nitrogens with two attached hydrogens (primary N) is 1. The van der Waals surface area contributed by atoms with Crippen LogP contribution in [-0.4, -0.2) is 18.2 Å². The number of carbonyl (C=O) groups is 1. The minimum absolute atomic E-state index is 0.164. The van der Waals surface area contributed by atoms with E-state index in [1.807, 2.05) is 0 Å². The third-order valence-electron chi connectivity index (χ3n) is 2.89. The fourth-order valence-corrected chi connectivity index (χ4v) is 1.95. The predicted octanol–water partition coefficient (Wildman–Crippen LogP) is 3.56. The largest absolute Gasteiger partial charge is 0.506 e. The van der Waals surface area contributed by atoms with Gasteiger partial charge in [0.2, 0.25) is 0 Å². The van der Waals surface area contributed by atoms with E-state index >= 15 is 0 Å². The Kier molecular flexibility index (Phi) is 4.36. The van der Waals surface area contributed by atoms with Crippen LogP contribution in [0, 0.1) is 0 Å². The lowest BCUT2D eigenvalue weighted by molar-refractivity contribution is 0.256. The number of azide groups is 1. The number of urea groups is 1. The molecule has 0 atom stereocenters. The first-order valence-corrected chi connectivity index (χ1v) is 6.18. The predicted molar refractivity (Wildman–Crippen MR) is 81.6 cm³/mol. The van der Waals surface area contributed by atoms with Crippen LogP contribution >= 0.6 is 0 Å². The van der Waals surface area contributed by atoms with Gasteiger partial charge in [-0.3, -0.25) is 4.90 Å². The zero-order valence-corrected chi connectivity index (χ0v) is 11.7. The molecule has 2 aromatic rings. The number of methoxy groups -OCH3 is 1. The molecule has 2 aromatic carbocycles. The zero-order valence-electron chi connectivity index (χ0n) is 11.7. The molecule has 2 amide bonds. The summed E-state index contributed by atoms with van der Waals surface area (Å²) in [5.41, 5.74) is 14.6. The average molecular weight is 299 g/mol. The van der Waals surface area contributed by atoms with Gasteiger partial charge in [-0.15, -0.1) is 0 Å². The summed E-state index contributed by atoms with van der Waals surface area (Å²) in [6.07, 6.45) is 0. The molecule has 112 valence electrons. The molecule has 0 aliphatic rings. The summed E-state index contributed by atoms with van der Waals surface area (Å²) in [5, 5.41) is 13.4. The number of benzene rings is 2.